The van der Waals surface area contributed by atoms with Crippen molar-refractivity contribution in [2.45, 2.75) is 24.4 Å². The lowest BCUT2D eigenvalue weighted by Crippen LogP contribution is -2.43. The first-order chi connectivity index (χ1) is 17.0. The Morgan fingerprint density at radius 3 is 2.69 bits per heavy atom. The maximum Gasteiger partial charge on any atom is 0.338 e. The van der Waals surface area contributed by atoms with Gasteiger partial charge in [-0.05, 0) is 24.3 Å². The number of carbonyl (C=O) groups excluding carboxylic acids is 1. The average Bonchev–Trinajstić information content (AvgIpc) is 3.12. The Labute approximate surface area is 207 Å². The van der Waals surface area contributed by atoms with Crippen molar-refractivity contribution in [2.24, 2.45) is 4.99 Å². The predicted molar refractivity (Wildman–Crippen MR) is 120 cm³/mol. The van der Waals surface area contributed by atoms with E-state index in [1.54, 1.807) is 0 Å². The molecule has 2 N–H and O–H groups in total. The third-order valence-electron chi connectivity index (χ3n) is 5.78. The number of ether oxygens (including phenoxy) is 1. The van der Waals surface area contributed by atoms with E-state index in [9.17, 15) is 32.3 Å². The number of aliphatic imine (C=N–C) groups is 1. The number of carbonyl (C=O) groups is 2. The van der Waals surface area contributed by atoms with Crippen LogP contribution in [0.3, 0.4) is 0 Å². The van der Waals surface area contributed by atoms with Gasteiger partial charge in [0.25, 0.3) is 5.92 Å². The number of methoxy groups -OCH3 is 1. The molecule has 0 aliphatic carbocycles. The molecule has 4 rings (SSSR count). The Balaban J connectivity index is 1.88. The monoisotopic (exact) mass is 526 g/mol. The van der Waals surface area contributed by atoms with Gasteiger partial charge >= 0.3 is 11.9 Å². The summed E-state index contributed by atoms with van der Waals surface area (Å²) in [5.74, 6) is -7.28. The standard InChI is InChI=1S/C23H19ClF4N4O4/c1-36-22(35)17-15(9-32-10-23(27,28)8-16(32)21(33)34)30-20(19-14(26)3-2-6-29-19)31-18(17)12-5-4-11(25)7-13(12)24/h2-7,16,18H,8-10H2,1H3,(H,30,31)(H,33,34). The van der Waals surface area contributed by atoms with Crippen molar-refractivity contribution < 1.29 is 37.0 Å². The fourth-order valence-electron chi connectivity index (χ4n) is 4.20. The molecule has 0 saturated carbocycles. The van der Waals surface area contributed by atoms with Gasteiger partial charge in [-0.2, -0.15) is 0 Å². The Morgan fingerprint density at radius 1 is 1.31 bits per heavy atom. The van der Waals surface area contributed by atoms with Crippen LogP contribution in [-0.2, 0) is 14.3 Å². The number of esters is 1. The van der Waals surface area contributed by atoms with E-state index < -0.39 is 61.1 Å². The number of benzene rings is 1. The van der Waals surface area contributed by atoms with Crippen molar-refractivity contribution in [3.8, 4) is 0 Å². The molecule has 2 aliphatic rings. The zero-order valence-electron chi connectivity index (χ0n) is 18.6. The van der Waals surface area contributed by atoms with Crippen LogP contribution in [0.2, 0.25) is 5.02 Å². The minimum atomic E-state index is -3.28. The summed E-state index contributed by atoms with van der Waals surface area (Å²) in [6.45, 7) is -1.37. The number of halogens is 5. The maximum atomic E-state index is 14.6. The summed E-state index contributed by atoms with van der Waals surface area (Å²) < 4.78 is 61.5. The van der Waals surface area contributed by atoms with Crippen molar-refractivity contribution in [1.82, 2.24) is 15.2 Å². The summed E-state index contributed by atoms with van der Waals surface area (Å²) in [7, 11) is 1.08. The summed E-state index contributed by atoms with van der Waals surface area (Å²) in [6.07, 6.45) is 0.370. The molecule has 2 aliphatic heterocycles. The molecule has 2 atom stereocenters. The Bertz CT molecular complexity index is 1290. The number of amidine groups is 1. The second kappa shape index (κ2) is 9.86. The largest absolute Gasteiger partial charge is 0.480 e. The van der Waals surface area contributed by atoms with Crippen LogP contribution >= 0.6 is 11.6 Å². The Kier molecular flexibility index (Phi) is 7.01. The lowest BCUT2D eigenvalue weighted by molar-refractivity contribution is -0.142. The van der Waals surface area contributed by atoms with E-state index in [0.717, 1.165) is 30.2 Å². The van der Waals surface area contributed by atoms with Gasteiger partial charge in [-0.3, -0.25) is 14.7 Å². The van der Waals surface area contributed by atoms with E-state index in [4.69, 9.17) is 16.3 Å². The van der Waals surface area contributed by atoms with Gasteiger partial charge in [-0.1, -0.05) is 17.7 Å². The molecule has 1 saturated heterocycles. The first-order valence-corrected chi connectivity index (χ1v) is 10.9. The SMILES string of the molecule is COC(=O)C1=C(CN2CC(F)(F)CC2C(=O)O)NC(c2ncccc2F)=NC1c1ccc(F)cc1Cl. The van der Waals surface area contributed by atoms with E-state index in [1.807, 2.05) is 0 Å². The third-order valence-corrected chi connectivity index (χ3v) is 6.11. The minimum absolute atomic E-state index is 0.0637. The summed E-state index contributed by atoms with van der Waals surface area (Å²) in [6, 6.07) is 2.99. The highest BCUT2D eigenvalue weighted by molar-refractivity contribution is 6.31. The maximum absolute atomic E-state index is 14.6. The third kappa shape index (κ3) is 5.05. The van der Waals surface area contributed by atoms with Crippen LogP contribution in [0.5, 0.6) is 0 Å². The highest BCUT2D eigenvalue weighted by Crippen LogP contribution is 2.38. The lowest BCUT2D eigenvalue weighted by Gasteiger charge is -2.30. The number of nitrogens with zero attached hydrogens (tertiary/aromatic N) is 3. The summed E-state index contributed by atoms with van der Waals surface area (Å²) in [5.41, 5.74) is -0.353. The number of aliphatic carboxylic acids is 1. The van der Waals surface area contributed by atoms with Crippen LogP contribution in [-0.4, -0.2) is 64.9 Å². The van der Waals surface area contributed by atoms with Crippen molar-refractivity contribution in [3.05, 3.63) is 75.7 Å². The van der Waals surface area contributed by atoms with Gasteiger partial charge in [0.15, 0.2) is 11.7 Å². The number of pyridine rings is 1. The number of hydrogen-bond acceptors (Lipinski definition) is 7. The molecule has 0 amide bonds. The second-order valence-electron chi connectivity index (χ2n) is 8.21. The van der Waals surface area contributed by atoms with E-state index in [1.165, 1.54) is 18.3 Å². The number of hydrogen-bond donors (Lipinski definition) is 2. The molecule has 2 aromatic rings. The summed E-state index contributed by atoms with van der Waals surface area (Å²) in [4.78, 5) is 33.9. The van der Waals surface area contributed by atoms with Crippen LogP contribution in [0.25, 0.3) is 0 Å². The van der Waals surface area contributed by atoms with E-state index >= 15 is 0 Å². The Hall–Kier alpha value is -3.51. The highest BCUT2D eigenvalue weighted by atomic mass is 35.5. The van der Waals surface area contributed by atoms with E-state index in [0.29, 0.717) is 0 Å². The van der Waals surface area contributed by atoms with Crippen molar-refractivity contribution in [3.63, 3.8) is 0 Å². The number of carboxylic acid groups (broad SMARTS) is 1. The molecule has 0 bridgehead atoms. The van der Waals surface area contributed by atoms with Gasteiger partial charge in [0.05, 0.1) is 19.2 Å². The number of aromatic nitrogens is 1. The van der Waals surface area contributed by atoms with Gasteiger partial charge in [-0.25, -0.2) is 27.3 Å². The number of alkyl halides is 2. The van der Waals surface area contributed by atoms with Crippen molar-refractivity contribution in [1.29, 1.82) is 0 Å². The number of carboxylic acids is 1. The van der Waals surface area contributed by atoms with Gasteiger partial charge in [-0.15, -0.1) is 0 Å². The molecule has 1 fully saturated rings. The van der Waals surface area contributed by atoms with Gasteiger partial charge in [0.1, 0.15) is 23.6 Å². The molecule has 0 spiro atoms. The number of likely N-dealkylation sites (tertiary alicyclic amines) is 1. The molecule has 190 valence electrons. The molecule has 8 nitrogen and oxygen atoms in total. The molecule has 0 radical (unpaired) electrons. The number of nitrogens with one attached hydrogen (secondary N) is 1. The molecule has 13 heteroatoms. The van der Waals surface area contributed by atoms with Gasteiger partial charge in [0.2, 0.25) is 0 Å². The summed E-state index contributed by atoms with van der Waals surface area (Å²) >= 11 is 6.24. The normalized spacial score (nSPS) is 21.7. The minimum Gasteiger partial charge on any atom is -0.480 e. The van der Waals surface area contributed by atoms with Crippen LogP contribution in [0.4, 0.5) is 17.6 Å². The van der Waals surface area contributed by atoms with Crippen LogP contribution in [0, 0.1) is 11.6 Å². The lowest BCUT2D eigenvalue weighted by atomic mass is 9.94. The second-order valence-corrected chi connectivity index (χ2v) is 8.62. The fourth-order valence-corrected chi connectivity index (χ4v) is 4.47. The van der Waals surface area contributed by atoms with Crippen LogP contribution in [0.1, 0.15) is 23.7 Å². The average molecular weight is 527 g/mol. The van der Waals surface area contributed by atoms with Crippen molar-refractivity contribution >= 4 is 29.4 Å². The molecule has 1 aromatic carbocycles. The molecule has 3 heterocycles. The zero-order chi connectivity index (χ0) is 26.2. The summed E-state index contributed by atoms with van der Waals surface area (Å²) in [5, 5.41) is 12.1. The molecule has 2 unspecified atom stereocenters. The fraction of sp³-hybridized carbons (Fsp3) is 0.304. The van der Waals surface area contributed by atoms with Crippen LogP contribution < -0.4 is 5.32 Å². The topological polar surface area (TPSA) is 104 Å². The molecule has 1 aromatic heterocycles. The molecular formula is C23H19ClF4N4O4. The van der Waals surface area contributed by atoms with E-state index in [2.05, 4.69) is 15.3 Å². The van der Waals surface area contributed by atoms with E-state index in [-0.39, 0.29) is 33.4 Å². The molecular weight excluding hydrogens is 508 g/mol. The van der Waals surface area contributed by atoms with Crippen LogP contribution in [0.15, 0.2) is 52.8 Å². The highest BCUT2D eigenvalue weighted by Gasteiger charge is 2.49. The Morgan fingerprint density at radius 2 is 2.06 bits per heavy atom. The molecule has 36 heavy (non-hydrogen) atoms. The zero-order valence-corrected chi connectivity index (χ0v) is 19.4. The van der Waals surface area contributed by atoms with Gasteiger partial charge in [0, 0.05) is 35.4 Å². The van der Waals surface area contributed by atoms with Gasteiger partial charge < -0.3 is 15.2 Å². The smallest absolute Gasteiger partial charge is 0.338 e. The quantitative estimate of drug-likeness (QED) is 0.439. The number of rotatable bonds is 6. The first-order valence-electron chi connectivity index (χ1n) is 10.6. The predicted octanol–water partition coefficient (Wildman–Crippen LogP) is 3.33. The first kappa shape index (κ1) is 25.6. The van der Waals surface area contributed by atoms with Crippen molar-refractivity contribution in [2.75, 3.05) is 20.2 Å².